The van der Waals surface area contributed by atoms with Crippen LogP contribution < -0.4 is 27.0 Å². The smallest absolute Gasteiger partial charge is 0.331 e. The number of aliphatic hydroxyl groups is 1. The van der Waals surface area contributed by atoms with Gasteiger partial charge < -0.3 is 51.8 Å². The summed E-state index contributed by atoms with van der Waals surface area (Å²) in [5, 5.41) is 42.6. The first-order chi connectivity index (χ1) is 35.4. The van der Waals surface area contributed by atoms with Crippen LogP contribution in [-0.4, -0.2) is 119 Å². The third-order valence-corrected chi connectivity index (χ3v) is 14.4. The highest BCUT2D eigenvalue weighted by atomic mass is 33.1. The Morgan fingerprint density at radius 2 is 1.76 bits per heavy atom. The number of aliphatic carboxylic acids is 1. The van der Waals surface area contributed by atoms with Gasteiger partial charge in [0.15, 0.2) is 11.2 Å². The average molecular weight is 1060 g/mol. The number of nitrogen functional groups attached to an aromatic ring is 1. The Bertz CT molecular complexity index is 2610. The molecule has 19 nitrogen and oxygen atoms in total. The number of carboxylic acid groups (broad SMARTS) is 1. The predicted molar refractivity (Wildman–Crippen MR) is 289 cm³/mol. The molecule has 9 N–H and O–H groups in total. The van der Waals surface area contributed by atoms with Crippen molar-refractivity contribution in [1.82, 2.24) is 35.9 Å². The third kappa shape index (κ3) is 19.4. The molecular formula is C53H69N9O10S2. The van der Waals surface area contributed by atoms with Crippen molar-refractivity contribution in [1.29, 1.82) is 0 Å². The molecule has 3 amide bonds. The number of rotatable bonds is 26. The van der Waals surface area contributed by atoms with E-state index < -0.39 is 42.2 Å². The van der Waals surface area contributed by atoms with Crippen LogP contribution >= 0.6 is 21.6 Å². The standard InChI is InChI=1S/C53H69N9O10S2/c1-7-10-43-35(6)42(63)27-44(72-43)40(13-8-11-31(2)25-33(4)26-32(3)15-21-39-12-9-14-47(66)71-39)59-46(65)23-24-73-74-30-41(52(69)70)60-45(64)22-16-34(5)57-50(67)36-17-19-37(20-18-36)55-28-38-29-56-49-48(58-38)51(68)62-53(54)61-49/h7-11,13-15,17-21,26,29,33-35,39-44,55,63H,12,16,22-25,27-28,30H2,1-6H3,(H,57,67)(H,59,65)(H,60,64)(H,69,70)(H3,54,56,61,62,68)/b10-7+,13-8+,21-15+,31-11+,32-26-/t33-,34-,35+,39-,40-,41+,42-,43+,44+/m1/s1. The number of nitrogens with one attached hydrogen (secondary N) is 4. The lowest BCUT2D eigenvalue weighted by Crippen LogP contribution is -2.51. The number of carbonyl (C=O) groups is 5. The lowest BCUT2D eigenvalue weighted by Gasteiger charge is -2.39. The number of allylic oxidation sites excluding steroid dienone is 7. The van der Waals surface area contributed by atoms with Gasteiger partial charge in [-0.2, -0.15) is 9.97 Å². The minimum Gasteiger partial charge on any atom is -0.492 e. The number of nitrogens with two attached hydrogens (primary N) is 1. The van der Waals surface area contributed by atoms with Crippen molar-refractivity contribution in [2.75, 3.05) is 22.6 Å². The summed E-state index contributed by atoms with van der Waals surface area (Å²) in [7, 11) is 2.56. The number of hydrogen-bond acceptors (Lipinski definition) is 17. The number of carboxylic acids is 1. The van der Waals surface area contributed by atoms with E-state index in [4.69, 9.17) is 15.2 Å². The number of benzene rings is 1. The van der Waals surface area contributed by atoms with E-state index in [1.54, 1.807) is 31.2 Å². The molecule has 398 valence electrons. The van der Waals surface area contributed by atoms with Crippen molar-refractivity contribution < 1.29 is 48.8 Å². The number of fused-ring (bicyclic) bond motifs is 1. The largest absolute Gasteiger partial charge is 0.492 e. The number of aromatic nitrogens is 4. The molecule has 2 aliphatic rings. The zero-order chi connectivity index (χ0) is 53.7. The van der Waals surface area contributed by atoms with Crippen molar-refractivity contribution in [3.05, 3.63) is 114 Å². The predicted octanol–water partition coefficient (Wildman–Crippen LogP) is 6.68. The normalized spacial score (nSPS) is 21.1. The first-order valence-corrected chi connectivity index (χ1v) is 27.1. The van der Waals surface area contributed by atoms with E-state index in [1.165, 1.54) is 33.9 Å². The van der Waals surface area contributed by atoms with Crippen LogP contribution in [0, 0.1) is 11.8 Å². The molecule has 0 spiro atoms. The maximum atomic E-state index is 13.4. The fourth-order valence-corrected chi connectivity index (χ4v) is 10.2. The molecule has 0 unspecified atom stereocenters. The fourth-order valence-electron chi connectivity index (χ4n) is 8.05. The van der Waals surface area contributed by atoms with Gasteiger partial charge >= 0.3 is 11.9 Å². The molecule has 0 aliphatic carbocycles. The number of anilines is 2. The molecule has 2 aliphatic heterocycles. The minimum absolute atomic E-state index is 0.0170. The van der Waals surface area contributed by atoms with Crippen LogP contribution in [0.25, 0.3) is 11.2 Å². The van der Waals surface area contributed by atoms with E-state index in [0.717, 1.165) is 17.6 Å². The lowest BCUT2D eigenvalue weighted by atomic mass is 9.87. The number of esters is 1. The molecule has 5 rings (SSSR count). The summed E-state index contributed by atoms with van der Waals surface area (Å²) in [5.74, 6) is -2.52. The van der Waals surface area contributed by atoms with Crippen LogP contribution in [0.4, 0.5) is 11.6 Å². The molecule has 1 saturated heterocycles. The molecule has 0 radical (unpaired) electrons. The Balaban J connectivity index is 1.03. The second kappa shape index (κ2) is 29.4. The molecule has 74 heavy (non-hydrogen) atoms. The number of ether oxygens (including phenoxy) is 2. The highest BCUT2D eigenvalue weighted by Gasteiger charge is 2.37. The van der Waals surface area contributed by atoms with E-state index in [-0.39, 0.29) is 96.4 Å². The van der Waals surface area contributed by atoms with E-state index in [1.807, 2.05) is 76.3 Å². The Hall–Kier alpha value is -6.55. The summed E-state index contributed by atoms with van der Waals surface area (Å²) in [6, 6.07) is 4.63. The maximum absolute atomic E-state index is 13.4. The first kappa shape index (κ1) is 58.3. The molecule has 2 aromatic heterocycles. The van der Waals surface area contributed by atoms with Crippen molar-refractivity contribution >= 4 is 74.0 Å². The summed E-state index contributed by atoms with van der Waals surface area (Å²) in [5.41, 5.74) is 9.65. The van der Waals surface area contributed by atoms with E-state index in [2.05, 4.69) is 54.2 Å². The molecule has 9 atom stereocenters. The molecule has 0 saturated carbocycles. The average Bonchev–Trinajstić information content (AvgIpc) is 3.35. The number of amides is 3. The van der Waals surface area contributed by atoms with Crippen LogP contribution in [0.15, 0.2) is 102 Å². The summed E-state index contributed by atoms with van der Waals surface area (Å²) in [4.78, 5) is 79.0. The zero-order valence-electron chi connectivity index (χ0n) is 42.6. The highest BCUT2D eigenvalue weighted by Crippen LogP contribution is 2.29. The van der Waals surface area contributed by atoms with Gasteiger partial charge in [0.05, 0.1) is 42.8 Å². The topological polar surface area (TPSA) is 290 Å². The maximum Gasteiger partial charge on any atom is 0.331 e. The molecule has 3 aromatic rings. The summed E-state index contributed by atoms with van der Waals surface area (Å²) < 4.78 is 11.7. The molecule has 21 heteroatoms. The van der Waals surface area contributed by atoms with Crippen molar-refractivity contribution in [2.45, 2.75) is 129 Å². The summed E-state index contributed by atoms with van der Waals surface area (Å²) in [6.07, 6.45) is 20.8. The number of nitrogens with zero attached hydrogens (tertiary/aromatic N) is 4. The Labute approximate surface area is 439 Å². The van der Waals surface area contributed by atoms with E-state index in [0.29, 0.717) is 35.5 Å². The molecular weight excluding hydrogens is 987 g/mol. The van der Waals surface area contributed by atoms with Crippen LogP contribution in [0.2, 0.25) is 0 Å². The van der Waals surface area contributed by atoms with Gasteiger partial charge in [0.25, 0.3) is 5.91 Å². The van der Waals surface area contributed by atoms with Gasteiger partial charge in [-0.25, -0.2) is 19.6 Å². The van der Waals surface area contributed by atoms with Gasteiger partial charge in [-0.15, -0.1) is 0 Å². The van der Waals surface area contributed by atoms with Crippen LogP contribution in [0.5, 0.6) is 5.88 Å². The summed E-state index contributed by atoms with van der Waals surface area (Å²) in [6.45, 7) is 12.0. The quantitative estimate of drug-likeness (QED) is 0.0137. The second-order valence-electron chi connectivity index (χ2n) is 18.5. The summed E-state index contributed by atoms with van der Waals surface area (Å²) >= 11 is 0. The number of carbonyl (C=O) groups excluding carboxylic acids is 4. The van der Waals surface area contributed by atoms with Crippen LogP contribution in [0.3, 0.4) is 0 Å². The van der Waals surface area contributed by atoms with Gasteiger partial charge in [0.1, 0.15) is 12.1 Å². The molecule has 4 heterocycles. The zero-order valence-corrected chi connectivity index (χ0v) is 44.2. The molecule has 1 fully saturated rings. The molecule has 1 aromatic carbocycles. The Morgan fingerprint density at radius 3 is 2.49 bits per heavy atom. The van der Waals surface area contributed by atoms with Gasteiger partial charge in [-0.3, -0.25) is 14.4 Å². The number of cyclic esters (lactones) is 1. The monoisotopic (exact) mass is 1060 g/mol. The van der Waals surface area contributed by atoms with E-state index >= 15 is 0 Å². The van der Waals surface area contributed by atoms with Gasteiger partial charge in [-0.05, 0) is 76.8 Å². The lowest BCUT2D eigenvalue weighted by molar-refractivity contribution is -0.142. The minimum atomic E-state index is -1.19. The van der Waals surface area contributed by atoms with Crippen molar-refractivity contribution in [2.24, 2.45) is 11.8 Å². The number of hydrogen-bond donors (Lipinski definition) is 8. The van der Waals surface area contributed by atoms with E-state index in [9.17, 15) is 39.3 Å². The SMILES string of the molecule is C/C=C/[C@@H]1O[C@H]([C@@H](/C=C/C=C(\C)C[C@@H](C)/C=C(C)\C=C\[C@H]2CC=CC(=O)O2)NC(=O)CCSSC[C@H](NC(=O)CC[C@@H](C)NC(=O)c2ccc(NCc3cnc4nc(N)nc(O)c4n3)cc2)C(=O)O)C[C@@H](O)[C@@H]1C. The first-order valence-electron chi connectivity index (χ1n) is 24.6. The van der Waals surface area contributed by atoms with Crippen molar-refractivity contribution in [3.63, 3.8) is 0 Å². The van der Waals surface area contributed by atoms with Crippen molar-refractivity contribution in [3.8, 4) is 5.88 Å². The van der Waals surface area contributed by atoms with Gasteiger partial charge in [0.2, 0.25) is 23.6 Å². The highest BCUT2D eigenvalue weighted by molar-refractivity contribution is 8.76. The molecule has 0 bridgehead atoms. The Kier molecular flexibility index (Phi) is 23.2. The number of aliphatic hydroxyl groups excluding tert-OH is 1. The fraction of sp³-hybridized carbons (Fsp3) is 0.453. The Morgan fingerprint density at radius 1 is 1.00 bits per heavy atom. The third-order valence-electron chi connectivity index (χ3n) is 12.0. The van der Waals surface area contributed by atoms with Crippen LogP contribution in [0.1, 0.15) is 96.1 Å². The number of aromatic hydroxyl groups is 1. The van der Waals surface area contributed by atoms with Gasteiger partial charge in [0, 0.05) is 66.5 Å². The van der Waals surface area contributed by atoms with Crippen LogP contribution in [-0.2, 0) is 35.2 Å². The second-order valence-corrected chi connectivity index (χ2v) is 21.1. The van der Waals surface area contributed by atoms with Gasteiger partial charge in [-0.1, -0.05) is 95.2 Å².